The molecule has 1 aromatic heterocycles. The Kier molecular flexibility index (Phi) is 9.72. The van der Waals surface area contributed by atoms with Crippen molar-refractivity contribution in [3.63, 3.8) is 0 Å². The molecule has 4 heterocycles. The van der Waals surface area contributed by atoms with Gasteiger partial charge in [0.25, 0.3) is 0 Å². The number of ether oxygens (including phenoxy) is 1. The average molecular weight is 649 g/mol. The van der Waals surface area contributed by atoms with E-state index in [0.29, 0.717) is 48.3 Å². The van der Waals surface area contributed by atoms with Gasteiger partial charge in [-0.25, -0.2) is 19.0 Å². The van der Waals surface area contributed by atoms with Crippen LogP contribution < -0.4 is 5.32 Å². The van der Waals surface area contributed by atoms with E-state index < -0.39 is 34.8 Å². The lowest BCUT2D eigenvalue weighted by Crippen LogP contribution is -2.60. The van der Waals surface area contributed by atoms with Crippen LogP contribution in [0.5, 0.6) is 0 Å². The lowest BCUT2D eigenvalue weighted by atomic mass is 9.92. The predicted molar refractivity (Wildman–Crippen MR) is 166 cm³/mol. The Morgan fingerprint density at radius 1 is 1.30 bits per heavy atom. The summed E-state index contributed by atoms with van der Waals surface area (Å²) in [6.45, 7) is 9.17. The van der Waals surface area contributed by atoms with Gasteiger partial charge in [0.1, 0.15) is 11.9 Å². The van der Waals surface area contributed by atoms with Crippen molar-refractivity contribution in [2.24, 2.45) is 10.4 Å². The van der Waals surface area contributed by atoms with Crippen LogP contribution in [0.4, 0.5) is 9.18 Å². The van der Waals surface area contributed by atoms with E-state index in [4.69, 9.17) is 21.3 Å². The molecule has 0 spiro atoms. The standard InChI is InChI=1S/C29H34ClFN6O5S.CH4/c1-5-42-25(38)20-19(33-23(24-32-9-12-43-24)34-22(20)17-7-6-8-18(31)21(17)30)13-35-10-11-37-27(41)36(16-29(37,4)15-35)14-28(2,3)26(39)40;/h6-9,12,22H,5,10-11,13-16H2,1-4H3,(H,33,34)(H,39,40);1H4/t22-,29-;/m0./s1. The van der Waals surface area contributed by atoms with E-state index in [9.17, 15) is 23.9 Å². The number of carboxylic acids is 1. The van der Waals surface area contributed by atoms with Crippen molar-refractivity contribution in [2.75, 3.05) is 45.9 Å². The average Bonchev–Trinajstić information content (AvgIpc) is 3.56. The summed E-state index contributed by atoms with van der Waals surface area (Å²) in [4.78, 5) is 53.2. The van der Waals surface area contributed by atoms with Gasteiger partial charge in [0, 0.05) is 62.1 Å². The fourth-order valence-electron chi connectivity index (χ4n) is 5.87. The van der Waals surface area contributed by atoms with Crippen molar-refractivity contribution >= 4 is 46.7 Å². The molecule has 2 aromatic rings. The summed E-state index contributed by atoms with van der Waals surface area (Å²) in [6.07, 6.45) is 1.65. The third-order valence-electron chi connectivity index (χ3n) is 7.97. The zero-order valence-corrected chi connectivity index (χ0v) is 26.0. The number of carbonyl (C=O) groups is 3. The largest absolute Gasteiger partial charge is 0.481 e. The molecule has 238 valence electrons. The summed E-state index contributed by atoms with van der Waals surface area (Å²) >= 11 is 7.78. The van der Waals surface area contributed by atoms with Crippen LogP contribution in [0.2, 0.25) is 5.02 Å². The highest BCUT2D eigenvalue weighted by Gasteiger charge is 2.51. The van der Waals surface area contributed by atoms with Crippen LogP contribution in [0, 0.1) is 11.2 Å². The molecule has 2 N–H and O–H groups in total. The van der Waals surface area contributed by atoms with Crippen molar-refractivity contribution in [3.8, 4) is 0 Å². The van der Waals surface area contributed by atoms with E-state index in [-0.39, 0.29) is 43.7 Å². The van der Waals surface area contributed by atoms with Gasteiger partial charge in [-0.2, -0.15) is 0 Å². The zero-order valence-electron chi connectivity index (χ0n) is 24.4. The number of carbonyl (C=O) groups excluding carboxylic acids is 2. The molecule has 5 rings (SSSR count). The van der Waals surface area contributed by atoms with Gasteiger partial charge in [-0.1, -0.05) is 31.2 Å². The molecule has 2 saturated heterocycles. The minimum Gasteiger partial charge on any atom is -0.481 e. The first-order chi connectivity index (χ1) is 20.3. The van der Waals surface area contributed by atoms with E-state index in [1.54, 1.807) is 42.8 Å². The molecule has 0 bridgehead atoms. The maximum atomic E-state index is 14.6. The topological polar surface area (TPSA) is 128 Å². The van der Waals surface area contributed by atoms with Gasteiger partial charge in [0.2, 0.25) is 0 Å². The van der Waals surface area contributed by atoms with Crippen LogP contribution in [0.25, 0.3) is 0 Å². The van der Waals surface area contributed by atoms with Gasteiger partial charge in [0.05, 0.1) is 28.2 Å². The van der Waals surface area contributed by atoms with Crippen molar-refractivity contribution in [2.45, 2.75) is 46.7 Å². The number of urea groups is 1. The Morgan fingerprint density at radius 3 is 2.70 bits per heavy atom. The van der Waals surface area contributed by atoms with Crippen LogP contribution in [0.3, 0.4) is 0 Å². The van der Waals surface area contributed by atoms with Gasteiger partial charge in [0.15, 0.2) is 10.8 Å². The van der Waals surface area contributed by atoms with E-state index in [1.807, 2.05) is 12.3 Å². The third-order valence-corrected chi connectivity index (χ3v) is 9.15. The number of hydrogen-bond acceptors (Lipinski definition) is 9. The second kappa shape index (κ2) is 12.8. The number of esters is 1. The molecule has 0 saturated carbocycles. The molecule has 1 aromatic carbocycles. The second-order valence-corrected chi connectivity index (χ2v) is 13.1. The lowest BCUT2D eigenvalue weighted by molar-refractivity contribution is -0.147. The molecule has 2 atom stereocenters. The van der Waals surface area contributed by atoms with Crippen LogP contribution in [-0.2, 0) is 14.3 Å². The number of piperazine rings is 1. The first-order valence-corrected chi connectivity index (χ1v) is 15.2. The van der Waals surface area contributed by atoms with Gasteiger partial charge in [-0.05, 0) is 33.8 Å². The summed E-state index contributed by atoms with van der Waals surface area (Å²) in [5.41, 5.74) is -0.609. The lowest BCUT2D eigenvalue weighted by Gasteiger charge is -2.44. The molecule has 3 aliphatic heterocycles. The second-order valence-electron chi connectivity index (χ2n) is 11.8. The number of aliphatic carboxylic acids is 1. The van der Waals surface area contributed by atoms with Crippen molar-refractivity contribution in [3.05, 3.63) is 62.5 Å². The Bertz CT molecular complexity index is 1500. The molecule has 0 aliphatic carbocycles. The first-order valence-electron chi connectivity index (χ1n) is 14.0. The number of benzene rings is 1. The number of carboxylic acid groups (broad SMARTS) is 1. The molecular weight excluding hydrogens is 611 g/mol. The van der Waals surface area contributed by atoms with E-state index in [0.717, 1.165) is 0 Å². The van der Waals surface area contributed by atoms with E-state index >= 15 is 0 Å². The van der Waals surface area contributed by atoms with E-state index in [2.05, 4.69) is 15.2 Å². The number of amides is 2. The van der Waals surface area contributed by atoms with E-state index in [1.165, 1.54) is 23.5 Å². The Labute approximate surface area is 265 Å². The number of thiazole rings is 1. The highest BCUT2D eigenvalue weighted by Crippen LogP contribution is 2.38. The molecule has 0 unspecified atom stereocenters. The normalized spacial score (nSPS) is 22.3. The summed E-state index contributed by atoms with van der Waals surface area (Å²) in [5, 5.41) is 15.2. The maximum absolute atomic E-state index is 14.6. The van der Waals surface area contributed by atoms with Crippen LogP contribution >= 0.6 is 22.9 Å². The molecule has 0 radical (unpaired) electrons. The summed E-state index contributed by atoms with van der Waals surface area (Å²) in [7, 11) is 0. The third kappa shape index (κ3) is 6.31. The Balaban J connectivity index is 0.00000442. The monoisotopic (exact) mass is 648 g/mol. The summed E-state index contributed by atoms with van der Waals surface area (Å²) < 4.78 is 20.1. The molecule has 44 heavy (non-hydrogen) atoms. The van der Waals surface area contributed by atoms with Gasteiger partial charge >= 0.3 is 18.0 Å². The maximum Gasteiger partial charge on any atom is 0.338 e. The SMILES string of the molecule is C.CCOC(=O)C1=C(CN2CCN3C(=O)N(CC(C)(C)C(=O)O)C[C@]3(C)C2)NC(c2nccs2)=N[C@H]1c1cccc(F)c1Cl. The van der Waals surface area contributed by atoms with Crippen LogP contribution in [0.15, 0.2) is 46.0 Å². The van der Waals surface area contributed by atoms with Crippen molar-refractivity contribution in [1.29, 1.82) is 0 Å². The fraction of sp³-hybridized carbons (Fsp3) is 0.500. The minimum absolute atomic E-state index is 0. The smallest absolute Gasteiger partial charge is 0.338 e. The minimum atomic E-state index is -1.09. The fourth-order valence-corrected chi connectivity index (χ4v) is 6.69. The number of amidine groups is 1. The number of rotatable bonds is 9. The number of aromatic nitrogens is 1. The number of hydrogen-bond donors (Lipinski definition) is 2. The first kappa shape index (κ1) is 33.3. The highest BCUT2D eigenvalue weighted by atomic mass is 35.5. The Morgan fingerprint density at radius 2 is 2.05 bits per heavy atom. The van der Waals surface area contributed by atoms with Gasteiger partial charge in [-0.15, -0.1) is 11.3 Å². The molecule has 2 amide bonds. The summed E-state index contributed by atoms with van der Waals surface area (Å²) in [5.74, 6) is -1.77. The quantitative estimate of drug-likeness (QED) is 0.383. The number of fused-ring (bicyclic) bond motifs is 1. The number of nitrogens with one attached hydrogen (secondary N) is 1. The van der Waals surface area contributed by atoms with Crippen LogP contribution in [0.1, 0.15) is 51.7 Å². The number of aliphatic imine (C=N–C) groups is 1. The van der Waals surface area contributed by atoms with Crippen LogP contribution in [-0.4, -0.2) is 100 Å². The predicted octanol–water partition coefficient (Wildman–Crippen LogP) is 4.40. The molecule has 14 heteroatoms. The van der Waals surface area contributed by atoms with Crippen molar-refractivity contribution < 1.29 is 28.6 Å². The van der Waals surface area contributed by atoms with Crippen molar-refractivity contribution in [1.82, 2.24) is 25.0 Å². The molecule has 2 fully saturated rings. The molecule has 3 aliphatic rings. The zero-order chi connectivity index (χ0) is 31.1. The Hall–Kier alpha value is -3.55. The van der Waals surface area contributed by atoms with Gasteiger partial charge < -0.3 is 25.0 Å². The molecular formula is C30H38ClFN6O5S. The highest BCUT2D eigenvalue weighted by molar-refractivity contribution is 7.11. The van der Waals surface area contributed by atoms with Gasteiger partial charge in [-0.3, -0.25) is 14.7 Å². The molecule has 11 nitrogen and oxygen atoms in total. The number of nitrogens with zero attached hydrogens (tertiary/aromatic N) is 5. The summed E-state index contributed by atoms with van der Waals surface area (Å²) in [6, 6.07) is 3.28. The number of halogens is 2.